The Balaban J connectivity index is 1.51. The van der Waals surface area contributed by atoms with Crippen LogP contribution < -0.4 is 10.7 Å². The Hall–Kier alpha value is -3.18. The van der Waals surface area contributed by atoms with Gasteiger partial charge in [0.05, 0.1) is 6.21 Å². The van der Waals surface area contributed by atoms with Crippen LogP contribution in [-0.2, 0) is 9.59 Å². The molecule has 2 amide bonds. The number of nitrogens with one attached hydrogen (secondary N) is 2. The number of carbonyl (C=O) groups is 2. The summed E-state index contributed by atoms with van der Waals surface area (Å²) in [6, 6.07) is 19.1. The van der Waals surface area contributed by atoms with E-state index < -0.39 is 0 Å². The first-order chi connectivity index (χ1) is 13.5. The molecule has 0 saturated carbocycles. The first-order valence-electron chi connectivity index (χ1n) is 8.89. The van der Waals surface area contributed by atoms with Crippen LogP contribution in [0.4, 0.5) is 5.69 Å². The quantitative estimate of drug-likeness (QED) is 0.472. The van der Waals surface area contributed by atoms with Gasteiger partial charge >= 0.3 is 0 Å². The normalized spacial score (nSPS) is 10.9. The molecule has 28 heavy (non-hydrogen) atoms. The molecule has 2 N–H and O–H groups in total. The zero-order valence-electron chi connectivity index (χ0n) is 15.4. The van der Waals surface area contributed by atoms with Crippen molar-refractivity contribution in [2.45, 2.75) is 19.8 Å². The minimum atomic E-state index is -0.325. The maximum Gasteiger partial charge on any atom is 0.240 e. The van der Waals surface area contributed by atoms with Gasteiger partial charge in [0.25, 0.3) is 0 Å². The third kappa shape index (κ3) is 4.96. The van der Waals surface area contributed by atoms with E-state index in [-0.39, 0.29) is 24.7 Å². The molecule has 5 nitrogen and oxygen atoms in total. The molecule has 0 aliphatic rings. The summed E-state index contributed by atoms with van der Waals surface area (Å²) in [5.41, 5.74) is 4.81. The fourth-order valence-corrected chi connectivity index (χ4v) is 2.95. The summed E-state index contributed by atoms with van der Waals surface area (Å²) in [6.07, 6.45) is 1.70. The van der Waals surface area contributed by atoms with E-state index >= 15 is 0 Å². The van der Waals surface area contributed by atoms with Crippen molar-refractivity contribution in [3.05, 3.63) is 76.8 Å². The highest BCUT2D eigenvalue weighted by Crippen LogP contribution is 2.23. The van der Waals surface area contributed by atoms with Gasteiger partial charge in [0.15, 0.2) is 0 Å². The molecule has 3 aromatic carbocycles. The van der Waals surface area contributed by atoms with Crippen molar-refractivity contribution >= 4 is 46.1 Å². The van der Waals surface area contributed by atoms with Gasteiger partial charge in [-0.05, 0) is 35.4 Å². The van der Waals surface area contributed by atoms with Gasteiger partial charge in [-0.15, -0.1) is 0 Å². The molecule has 0 aliphatic heterocycles. The minimum absolute atomic E-state index is 0.0400. The molecule has 0 bridgehead atoms. The molecule has 0 atom stereocenters. The number of carbonyl (C=O) groups excluding carboxylic acids is 2. The summed E-state index contributed by atoms with van der Waals surface area (Å²) in [7, 11) is 0. The summed E-state index contributed by atoms with van der Waals surface area (Å²) in [5.74, 6) is -0.576. The number of hydrogen-bond acceptors (Lipinski definition) is 3. The Labute approximate surface area is 168 Å². The molecule has 0 aromatic heterocycles. The highest BCUT2D eigenvalue weighted by Gasteiger charge is 2.09. The Morgan fingerprint density at radius 2 is 1.68 bits per heavy atom. The third-order valence-electron chi connectivity index (χ3n) is 4.34. The molecule has 142 valence electrons. The van der Waals surface area contributed by atoms with Crippen LogP contribution in [0.25, 0.3) is 10.8 Å². The predicted molar refractivity (Wildman–Crippen MR) is 114 cm³/mol. The lowest BCUT2D eigenvalue weighted by Gasteiger charge is -2.09. The zero-order valence-corrected chi connectivity index (χ0v) is 16.2. The van der Waals surface area contributed by atoms with Gasteiger partial charge in [0, 0.05) is 29.1 Å². The minimum Gasteiger partial charge on any atom is -0.326 e. The monoisotopic (exact) mass is 393 g/mol. The van der Waals surface area contributed by atoms with E-state index in [0.717, 1.165) is 21.9 Å². The average Bonchev–Trinajstić information content (AvgIpc) is 2.70. The number of benzene rings is 3. The second kappa shape index (κ2) is 9.15. The molecule has 0 spiro atoms. The van der Waals surface area contributed by atoms with Crippen molar-refractivity contribution in [3.63, 3.8) is 0 Å². The van der Waals surface area contributed by atoms with Gasteiger partial charge < -0.3 is 5.32 Å². The van der Waals surface area contributed by atoms with Gasteiger partial charge in [-0.25, -0.2) is 5.43 Å². The molecule has 0 unspecified atom stereocenters. The first kappa shape index (κ1) is 19.6. The third-order valence-corrected chi connectivity index (χ3v) is 4.75. The second-order valence-corrected chi connectivity index (χ2v) is 6.73. The molecule has 3 rings (SSSR count). The van der Waals surface area contributed by atoms with E-state index in [9.17, 15) is 9.59 Å². The molecule has 0 fully saturated rings. The highest BCUT2D eigenvalue weighted by atomic mass is 35.5. The highest BCUT2D eigenvalue weighted by molar-refractivity contribution is 6.31. The Kier molecular flexibility index (Phi) is 6.40. The van der Waals surface area contributed by atoms with E-state index in [4.69, 9.17) is 11.6 Å². The number of rotatable bonds is 6. The topological polar surface area (TPSA) is 70.6 Å². The van der Waals surface area contributed by atoms with Gasteiger partial charge in [0.2, 0.25) is 11.8 Å². The molecule has 0 aliphatic carbocycles. The fourth-order valence-electron chi connectivity index (χ4n) is 2.78. The van der Waals surface area contributed by atoms with Crippen LogP contribution in [0, 0.1) is 6.92 Å². The molecule has 0 saturated heterocycles. The summed E-state index contributed by atoms with van der Waals surface area (Å²) >= 11 is 6.04. The lowest BCUT2D eigenvalue weighted by molar-refractivity contribution is -0.124. The summed E-state index contributed by atoms with van der Waals surface area (Å²) in [4.78, 5) is 24.0. The molecule has 3 aromatic rings. The van der Waals surface area contributed by atoms with E-state index in [1.807, 2.05) is 49.4 Å². The van der Waals surface area contributed by atoms with Crippen LogP contribution in [0.2, 0.25) is 5.02 Å². The number of fused-ring (bicyclic) bond motifs is 1. The smallest absolute Gasteiger partial charge is 0.240 e. The Morgan fingerprint density at radius 1 is 0.964 bits per heavy atom. The van der Waals surface area contributed by atoms with Gasteiger partial charge in [0.1, 0.15) is 0 Å². The molecular formula is C22H20ClN3O2. The maximum absolute atomic E-state index is 12.0. The summed E-state index contributed by atoms with van der Waals surface area (Å²) in [5, 5.41) is 9.51. The molecule has 0 radical (unpaired) electrons. The number of hydrazone groups is 1. The lowest BCUT2D eigenvalue weighted by Crippen LogP contribution is -2.20. The van der Waals surface area contributed by atoms with Crippen molar-refractivity contribution in [2.24, 2.45) is 5.10 Å². The van der Waals surface area contributed by atoms with Crippen molar-refractivity contribution in [1.29, 1.82) is 0 Å². The van der Waals surface area contributed by atoms with Crippen LogP contribution in [0.1, 0.15) is 24.0 Å². The number of amides is 2. The van der Waals surface area contributed by atoms with Crippen LogP contribution in [0.15, 0.2) is 65.8 Å². The van der Waals surface area contributed by atoms with Gasteiger partial charge in [-0.2, -0.15) is 5.10 Å². The standard InChI is InChI=1S/C22H20ClN3O2/c1-15-19(23)10-5-11-20(15)25-21(27)12-13-22(28)26-24-14-17-8-4-7-16-6-2-3-9-18(16)17/h2-11,14H,12-13H2,1H3,(H,25,27)(H,26,28)/b24-14+. The van der Waals surface area contributed by atoms with Crippen molar-refractivity contribution in [3.8, 4) is 0 Å². The Bertz CT molecular complexity index is 1040. The van der Waals surface area contributed by atoms with Crippen LogP contribution in [-0.4, -0.2) is 18.0 Å². The SMILES string of the molecule is Cc1c(Cl)cccc1NC(=O)CCC(=O)N/N=C/c1cccc2ccccc12. The van der Waals surface area contributed by atoms with Crippen LogP contribution in [0.3, 0.4) is 0 Å². The van der Waals surface area contributed by atoms with E-state index in [0.29, 0.717) is 10.7 Å². The van der Waals surface area contributed by atoms with Crippen molar-refractivity contribution < 1.29 is 9.59 Å². The number of anilines is 1. The predicted octanol–water partition coefficient (Wildman–Crippen LogP) is 4.67. The summed E-state index contributed by atoms with van der Waals surface area (Å²) in [6.45, 7) is 1.83. The number of nitrogens with zero attached hydrogens (tertiary/aromatic N) is 1. The second-order valence-electron chi connectivity index (χ2n) is 6.32. The first-order valence-corrected chi connectivity index (χ1v) is 9.27. The fraction of sp³-hybridized carbons (Fsp3) is 0.136. The maximum atomic E-state index is 12.0. The molecule has 6 heteroatoms. The van der Waals surface area contributed by atoms with Crippen molar-refractivity contribution in [2.75, 3.05) is 5.32 Å². The average molecular weight is 394 g/mol. The van der Waals surface area contributed by atoms with Crippen LogP contribution in [0.5, 0.6) is 0 Å². The largest absolute Gasteiger partial charge is 0.326 e. The van der Waals surface area contributed by atoms with E-state index in [1.54, 1.807) is 24.4 Å². The van der Waals surface area contributed by atoms with Gasteiger partial charge in [-0.1, -0.05) is 60.1 Å². The van der Waals surface area contributed by atoms with E-state index in [2.05, 4.69) is 15.8 Å². The number of hydrogen-bond donors (Lipinski definition) is 2. The Morgan fingerprint density at radius 3 is 2.54 bits per heavy atom. The lowest BCUT2D eigenvalue weighted by atomic mass is 10.1. The van der Waals surface area contributed by atoms with Gasteiger partial charge in [-0.3, -0.25) is 9.59 Å². The number of halogens is 1. The zero-order chi connectivity index (χ0) is 19.9. The van der Waals surface area contributed by atoms with Crippen LogP contribution >= 0.6 is 11.6 Å². The summed E-state index contributed by atoms with van der Waals surface area (Å²) < 4.78 is 0. The van der Waals surface area contributed by atoms with Crippen molar-refractivity contribution in [1.82, 2.24) is 5.43 Å². The van der Waals surface area contributed by atoms with E-state index in [1.165, 1.54) is 0 Å². The molecular weight excluding hydrogens is 374 g/mol. The molecule has 0 heterocycles.